The third-order valence-electron chi connectivity index (χ3n) is 7.69. The van der Waals surface area contributed by atoms with Crippen LogP contribution in [0.3, 0.4) is 0 Å². The molecule has 0 bridgehead atoms. The Labute approximate surface area is 340 Å². The van der Waals surface area contributed by atoms with Crippen molar-refractivity contribution in [2.75, 3.05) is 4.90 Å². The summed E-state index contributed by atoms with van der Waals surface area (Å²) in [4.78, 5) is 57.6. The van der Waals surface area contributed by atoms with Crippen LogP contribution in [0, 0.1) is 12.7 Å². The number of aromatic nitrogens is 3. The van der Waals surface area contributed by atoms with Crippen LogP contribution in [-0.2, 0) is 14.2 Å². The van der Waals surface area contributed by atoms with Gasteiger partial charge < -0.3 is 23.7 Å². The maximum Gasteiger partial charge on any atom is 0.425 e. The van der Waals surface area contributed by atoms with E-state index in [2.05, 4.69) is 25.8 Å². The van der Waals surface area contributed by atoms with Gasteiger partial charge in [-0.25, -0.2) is 28.0 Å². The highest BCUT2D eigenvalue weighted by atomic mass is 79.9. The number of amides is 2. The summed E-state index contributed by atoms with van der Waals surface area (Å²) in [6, 6.07) is 14.1. The number of hydrogen-bond donors (Lipinski definition) is 0. The molecule has 0 radical (unpaired) electrons. The number of halogens is 4. The number of ether oxygens (including phenoxy) is 5. The Balaban J connectivity index is 1.79. The predicted octanol–water partition coefficient (Wildman–Crippen LogP) is 11.1. The lowest BCUT2D eigenvalue weighted by Crippen LogP contribution is -2.45. The van der Waals surface area contributed by atoms with E-state index in [4.69, 9.17) is 18.9 Å². The van der Waals surface area contributed by atoms with Crippen LogP contribution in [0.25, 0.3) is 16.6 Å². The monoisotopic (exact) mass is 870 g/mol. The van der Waals surface area contributed by atoms with E-state index in [0.29, 0.717) is 10.5 Å². The van der Waals surface area contributed by atoms with E-state index in [0.717, 1.165) is 15.4 Å². The van der Waals surface area contributed by atoms with E-state index in [1.165, 1.54) is 48.5 Å². The first-order chi connectivity index (χ1) is 26.8. The summed E-state index contributed by atoms with van der Waals surface area (Å²) in [6.07, 6.45) is -2.40. The standard InChI is InChI=1S/C41H42BrF3N4O9/c1-22-17-24(54-31-14-12-11-13-27(31)43)15-16-28(22)49-34(48(37(52)57-40(5,6)7)38(53)58-41(8,9)10)25(21-46-49)33(50)30-18-23-19-32(55-35(44)45)26(42)20-29(23)47(30)36(51)56-39(2,3)4/h11-21,35H,1-10H3. The summed E-state index contributed by atoms with van der Waals surface area (Å²) in [6.45, 7) is 12.7. The molecule has 17 heteroatoms. The molecule has 0 saturated carbocycles. The van der Waals surface area contributed by atoms with Crippen LogP contribution in [0.1, 0.15) is 83.9 Å². The Morgan fingerprint density at radius 2 is 1.40 bits per heavy atom. The molecule has 2 heterocycles. The first-order valence-electron chi connectivity index (χ1n) is 17.8. The molecule has 5 rings (SSSR count). The largest absolute Gasteiger partial charge is 0.454 e. The Morgan fingerprint density at radius 1 is 0.793 bits per heavy atom. The predicted molar refractivity (Wildman–Crippen MR) is 211 cm³/mol. The van der Waals surface area contributed by atoms with Crippen LogP contribution in [-0.4, -0.2) is 61.8 Å². The van der Waals surface area contributed by atoms with Gasteiger partial charge in [-0.15, -0.1) is 0 Å². The molecule has 3 aromatic carbocycles. The van der Waals surface area contributed by atoms with Crippen molar-refractivity contribution in [2.45, 2.75) is 92.7 Å². The van der Waals surface area contributed by atoms with Gasteiger partial charge in [-0.3, -0.25) is 4.79 Å². The smallest absolute Gasteiger partial charge is 0.425 e. The molecule has 0 aliphatic heterocycles. The molecule has 0 N–H and O–H groups in total. The third kappa shape index (κ3) is 9.99. The first kappa shape index (κ1) is 43.3. The maximum atomic E-state index is 15.0. The van der Waals surface area contributed by atoms with Gasteiger partial charge in [0.2, 0.25) is 5.78 Å². The van der Waals surface area contributed by atoms with Gasteiger partial charge in [0.1, 0.15) is 34.0 Å². The second-order valence-electron chi connectivity index (χ2n) is 16.0. The zero-order valence-corrected chi connectivity index (χ0v) is 35.0. The van der Waals surface area contributed by atoms with Crippen LogP contribution < -0.4 is 14.4 Å². The second kappa shape index (κ2) is 16.2. The molecule has 308 valence electrons. The topological polar surface area (TPSA) is 140 Å². The molecule has 0 unspecified atom stereocenters. The van der Waals surface area contributed by atoms with Gasteiger partial charge >= 0.3 is 24.9 Å². The minimum atomic E-state index is -3.19. The van der Waals surface area contributed by atoms with Gasteiger partial charge in [-0.05, 0) is 139 Å². The van der Waals surface area contributed by atoms with Crippen molar-refractivity contribution in [3.05, 3.63) is 94.0 Å². The van der Waals surface area contributed by atoms with Gasteiger partial charge in [0, 0.05) is 5.39 Å². The Morgan fingerprint density at radius 3 is 1.95 bits per heavy atom. The van der Waals surface area contributed by atoms with Gasteiger partial charge in [0.15, 0.2) is 17.4 Å². The Bertz CT molecular complexity index is 2380. The summed E-state index contributed by atoms with van der Waals surface area (Å²) >= 11 is 3.20. The molecule has 0 aliphatic carbocycles. The number of alkyl halides is 2. The lowest BCUT2D eigenvalue weighted by atomic mass is 10.1. The average molecular weight is 872 g/mol. The molecule has 0 saturated heterocycles. The summed E-state index contributed by atoms with van der Waals surface area (Å²) in [5.41, 5.74) is -3.36. The number of carbonyl (C=O) groups is 4. The van der Waals surface area contributed by atoms with Crippen LogP contribution in [0.5, 0.6) is 17.2 Å². The average Bonchev–Trinajstić information content (AvgIpc) is 3.65. The number of nitrogens with zero attached hydrogens (tertiary/aromatic N) is 4. The normalized spacial score (nSPS) is 12.1. The summed E-state index contributed by atoms with van der Waals surface area (Å²) < 4.78 is 70.6. The zero-order chi connectivity index (χ0) is 43.1. The van der Waals surface area contributed by atoms with Crippen molar-refractivity contribution in [1.29, 1.82) is 0 Å². The molecule has 0 atom stereocenters. The quantitative estimate of drug-likeness (QED) is 0.109. The maximum absolute atomic E-state index is 15.0. The lowest BCUT2D eigenvalue weighted by Gasteiger charge is -2.29. The van der Waals surface area contributed by atoms with Crippen LogP contribution in [0.2, 0.25) is 0 Å². The number of carbonyl (C=O) groups excluding carboxylic acids is 4. The molecular formula is C41H42BrF3N4O9. The molecule has 0 fully saturated rings. The van der Waals surface area contributed by atoms with E-state index in [9.17, 15) is 32.3 Å². The highest BCUT2D eigenvalue weighted by Crippen LogP contribution is 2.37. The number of ketones is 1. The molecular weight excluding hydrogens is 829 g/mol. The molecule has 2 aromatic heterocycles. The molecule has 0 aliphatic rings. The Hall–Kier alpha value is -5.84. The van der Waals surface area contributed by atoms with Crippen molar-refractivity contribution in [3.63, 3.8) is 0 Å². The van der Waals surface area contributed by atoms with Crippen LogP contribution in [0.4, 0.5) is 33.4 Å². The van der Waals surface area contributed by atoms with E-state index >= 15 is 0 Å². The van der Waals surface area contributed by atoms with Gasteiger partial charge in [0.05, 0.1) is 27.4 Å². The third-order valence-corrected chi connectivity index (χ3v) is 8.31. The highest BCUT2D eigenvalue weighted by molar-refractivity contribution is 9.10. The summed E-state index contributed by atoms with van der Waals surface area (Å²) in [5.74, 6) is -2.08. The highest BCUT2D eigenvalue weighted by Gasteiger charge is 2.40. The van der Waals surface area contributed by atoms with E-state index < -0.39 is 64.7 Å². The van der Waals surface area contributed by atoms with Crippen molar-refractivity contribution < 1.29 is 56.0 Å². The molecule has 5 aromatic rings. The van der Waals surface area contributed by atoms with Crippen molar-refractivity contribution in [3.8, 4) is 22.9 Å². The second-order valence-corrected chi connectivity index (χ2v) is 16.8. The number of fused-ring (bicyclic) bond motifs is 1. The van der Waals surface area contributed by atoms with E-state index in [-0.39, 0.29) is 44.0 Å². The van der Waals surface area contributed by atoms with Gasteiger partial charge in [0.25, 0.3) is 0 Å². The lowest BCUT2D eigenvalue weighted by molar-refractivity contribution is -0.0502. The fraction of sp³-hybridized carbons (Fsp3) is 0.341. The number of benzene rings is 3. The van der Waals surface area contributed by atoms with Crippen molar-refractivity contribution in [1.82, 2.24) is 14.3 Å². The fourth-order valence-corrected chi connectivity index (χ4v) is 5.97. The fourth-order valence-electron chi connectivity index (χ4n) is 5.54. The van der Waals surface area contributed by atoms with E-state index in [1.54, 1.807) is 81.4 Å². The van der Waals surface area contributed by atoms with Gasteiger partial charge in [-0.2, -0.15) is 18.8 Å². The first-order valence-corrected chi connectivity index (χ1v) is 18.6. The number of rotatable bonds is 8. The minimum absolute atomic E-state index is 0.0367. The van der Waals surface area contributed by atoms with Crippen molar-refractivity contribution in [2.24, 2.45) is 0 Å². The van der Waals surface area contributed by atoms with E-state index in [1.807, 2.05) is 0 Å². The minimum Gasteiger partial charge on any atom is -0.454 e. The zero-order valence-electron chi connectivity index (χ0n) is 33.4. The SMILES string of the molecule is Cc1cc(Oc2ccccc2F)ccc1-n1ncc(C(=O)c2cc3cc(OC(F)F)c(Br)cc3n2C(=O)OC(C)(C)C)c1N(C(=O)OC(C)(C)C)C(=O)OC(C)(C)C. The number of hydrogen-bond acceptors (Lipinski definition) is 10. The molecule has 13 nitrogen and oxygen atoms in total. The number of para-hydroxylation sites is 1. The van der Waals surface area contributed by atoms with Crippen LogP contribution in [0.15, 0.2) is 71.3 Å². The molecule has 58 heavy (non-hydrogen) atoms. The summed E-state index contributed by atoms with van der Waals surface area (Å²) in [7, 11) is 0. The number of imide groups is 1. The molecule has 0 spiro atoms. The van der Waals surface area contributed by atoms with Crippen LogP contribution >= 0.6 is 15.9 Å². The summed E-state index contributed by atoms with van der Waals surface area (Å²) in [5, 5.41) is 4.57. The molecule has 2 amide bonds. The van der Waals surface area contributed by atoms with Gasteiger partial charge in [-0.1, -0.05) is 12.1 Å². The number of aryl methyl sites for hydroxylation is 1. The Kier molecular flexibility index (Phi) is 12.1. The number of anilines is 1. The van der Waals surface area contributed by atoms with Crippen molar-refractivity contribution >= 4 is 56.7 Å².